The van der Waals surface area contributed by atoms with Gasteiger partial charge in [0.25, 0.3) is 5.69 Å². The summed E-state index contributed by atoms with van der Waals surface area (Å²) in [5.74, 6) is -0.424. The number of aryl methyl sites for hydroxylation is 1. The lowest BCUT2D eigenvalue weighted by Gasteiger charge is -2.10. The van der Waals surface area contributed by atoms with Crippen molar-refractivity contribution in [3.63, 3.8) is 0 Å². The van der Waals surface area contributed by atoms with Crippen LogP contribution in [0.4, 0.5) is 5.69 Å². The lowest BCUT2D eigenvalue weighted by atomic mass is 10.0. The Labute approximate surface area is 107 Å². The molecule has 0 N–H and O–H groups in total. The van der Waals surface area contributed by atoms with Crippen LogP contribution in [0, 0.1) is 24.0 Å². The van der Waals surface area contributed by atoms with Crippen LogP contribution in [0.5, 0.6) is 0 Å². The van der Waals surface area contributed by atoms with E-state index >= 15 is 0 Å². The summed E-state index contributed by atoms with van der Waals surface area (Å²) >= 11 is 3.31. The van der Waals surface area contributed by atoms with E-state index in [1.54, 1.807) is 19.9 Å². The van der Waals surface area contributed by atoms with E-state index in [1.165, 1.54) is 7.11 Å². The topological polar surface area (TPSA) is 69.4 Å². The van der Waals surface area contributed by atoms with Crippen molar-refractivity contribution < 1.29 is 14.5 Å². The van der Waals surface area contributed by atoms with E-state index in [0.29, 0.717) is 21.2 Å². The van der Waals surface area contributed by atoms with Gasteiger partial charge in [0.05, 0.1) is 18.5 Å². The first-order chi connectivity index (χ1) is 7.88. The number of hydrogen-bond acceptors (Lipinski definition) is 4. The van der Waals surface area contributed by atoms with Crippen molar-refractivity contribution in [2.45, 2.75) is 20.3 Å². The number of rotatable bonds is 3. The van der Waals surface area contributed by atoms with Gasteiger partial charge in [0, 0.05) is 15.6 Å². The lowest BCUT2D eigenvalue weighted by Crippen LogP contribution is -2.08. The SMILES string of the molecule is COC(=O)Cc1c(Br)cc(C)c([N+](=O)[O-])c1C. The summed E-state index contributed by atoms with van der Waals surface area (Å²) in [6, 6.07) is 1.64. The van der Waals surface area contributed by atoms with Crippen molar-refractivity contribution in [1.82, 2.24) is 0 Å². The molecule has 0 saturated heterocycles. The number of benzene rings is 1. The lowest BCUT2D eigenvalue weighted by molar-refractivity contribution is -0.386. The molecule has 1 aromatic carbocycles. The second-order valence-electron chi connectivity index (χ2n) is 3.64. The molecule has 0 bridgehead atoms. The molecule has 0 fully saturated rings. The van der Waals surface area contributed by atoms with Crippen molar-refractivity contribution in [3.05, 3.63) is 37.3 Å². The van der Waals surface area contributed by atoms with Gasteiger partial charge in [0.15, 0.2) is 0 Å². The molecule has 0 aliphatic carbocycles. The minimum Gasteiger partial charge on any atom is -0.469 e. The highest BCUT2D eigenvalue weighted by atomic mass is 79.9. The monoisotopic (exact) mass is 301 g/mol. The predicted molar refractivity (Wildman–Crippen MR) is 66.0 cm³/mol. The molecular formula is C11H12BrNO4. The fourth-order valence-corrected chi connectivity index (χ4v) is 2.46. The third-order valence-electron chi connectivity index (χ3n) is 2.54. The van der Waals surface area contributed by atoms with Crippen LogP contribution in [-0.4, -0.2) is 18.0 Å². The average molecular weight is 302 g/mol. The van der Waals surface area contributed by atoms with Gasteiger partial charge in [-0.2, -0.15) is 0 Å². The Hall–Kier alpha value is -1.43. The molecule has 0 aliphatic rings. The van der Waals surface area contributed by atoms with E-state index in [4.69, 9.17) is 0 Å². The van der Waals surface area contributed by atoms with E-state index in [-0.39, 0.29) is 12.1 Å². The summed E-state index contributed by atoms with van der Waals surface area (Å²) in [6.45, 7) is 3.30. The van der Waals surface area contributed by atoms with Crippen molar-refractivity contribution in [3.8, 4) is 0 Å². The molecule has 5 nitrogen and oxygen atoms in total. The van der Waals surface area contributed by atoms with Crippen molar-refractivity contribution in [2.75, 3.05) is 7.11 Å². The minimum absolute atomic E-state index is 0.0179. The zero-order valence-corrected chi connectivity index (χ0v) is 11.3. The fourth-order valence-electron chi connectivity index (χ4n) is 1.68. The summed E-state index contributed by atoms with van der Waals surface area (Å²) in [6.07, 6.45) is 0.0179. The third-order valence-corrected chi connectivity index (χ3v) is 3.25. The van der Waals surface area contributed by atoms with Gasteiger partial charge >= 0.3 is 5.97 Å². The van der Waals surface area contributed by atoms with Gasteiger partial charge in [-0.1, -0.05) is 15.9 Å². The van der Waals surface area contributed by atoms with Crippen LogP contribution < -0.4 is 0 Å². The number of methoxy groups -OCH3 is 1. The normalized spacial score (nSPS) is 10.1. The van der Waals surface area contributed by atoms with Crippen molar-refractivity contribution in [1.29, 1.82) is 0 Å². The fraction of sp³-hybridized carbons (Fsp3) is 0.364. The Balaban J connectivity index is 3.35. The maximum Gasteiger partial charge on any atom is 0.310 e. The smallest absolute Gasteiger partial charge is 0.310 e. The Morgan fingerprint density at radius 1 is 1.53 bits per heavy atom. The van der Waals surface area contributed by atoms with Crippen LogP contribution in [-0.2, 0) is 16.0 Å². The quantitative estimate of drug-likeness (QED) is 0.489. The predicted octanol–water partition coefficient (Wildman–Crippen LogP) is 2.69. The standard InChI is InChI=1S/C11H12BrNO4/c1-6-4-9(12)8(5-10(14)17-3)7(2)11(6)13(15)16/h4H,5H2,1-3H3. The second-order valence-corrected chi connectivity index (χ2v) is 4.49. The second kappa shape index (κ2) is 5.27. The van der Waals surface area contributed by atoms with Crippen LogP contribution in [0.3, 0.4) is 0 Å². The number of ether oxygens (including phenoxy) is 1. The summed E-state index contributed by atoms with van der Waals surface area (Å²) in [4.78, 5) is 21.7. The maximum atomic E-state index is 11.2. The van der Waals surface area contributed by atoms with Crippen LogP contribution in [0.15, 0.2) is 10.5 Å². The number of carbonyl (C=O) groups is 1. The Morgan fingerprint density at radius 2 is 2.12 bits per heavy atom. The maximum absolute atomic E-state index is 11.2. The van der Waals surface area contributed by atoms with Crippen LogP contribution >= 0.6 is 15.9 Å². The molecule has 1 aromatic rings. The van der Waals surface area contributed by atoms with Gasteiger partial charge in [-0.3, -0.25) is 14.9 Å². The molecule has 17 heavy (non-hydrogen) atoms. The van der Waals surface area contributed by atoms with E-state index in [0.717, 1.165) is 0 Å². The number of carbonyl (C=O) groups excluding carboxylic acids is 1. The molecule has 0 radical (unpaired) electrons. The third kappa shape index (κ3) is 2.82. The first-order valence-corrected chi connectivity index (χ1v) is 5.67. The zero-order valence-electron chi connectivity index (χ0n) is 9.74. The zero-order chi connectivity index (χ0) is 13.2. The number of halogens is 1. The molecule has 0 aliphatic heterocycles. The Morgan fingerprint density at radius 3 is 2.59 bits per heavy atom. The van der Waals surface area contributed by atoms with Gasteiger partial charge in [0.1, 0.15) is 0 Å². The number of esters is 1. The molecule has 0 heterocycles. The molecule has 0 unspecified atom stereocenters. The van der Waals surface area contributed by atoms with E-state index in [2.05, 4.69) is 20.7 Å². The first-order valence-electron chi connectivity index (χ1n) is 4.88. The van der Waals surface area contributed by atoms with Gasteiger partial charge in [0.2, 0.25) is 0 Å². The molecular weight excluding hydrogens is 290 g/mol. The summed E-state index contributed by atoms with van der Waals surface area (Å²) in [5, 5.41) is 10.9. The highest BCUT2D eigenvalue weighted by molar-refractivity contribution is 9.10. The molecule has 0 atom stereocenters. The van der Waals surface area contributed by atoms with E-state index in [9.17, 15) is 14.9 Å². The van der Waals surface area contributed by atoms with Gasteiger partial charge < -0.3 is 4.74 Å². The van der Waals surface area contributed by atoms with Crippen molar-refractivity contribution in [2.24, 2.45) is 0 Å². The van der Waals surface area contributed by atoms with Crippen LogP contribution in [0.25, 0.3) is 0 Å². The van der Waals surface area contributed by atoms with Gasteiger partial charge in [-0.05, 0) is 25.5 Å². The van der Waals surface area contributed by atoms with Gasteiger partial charge in [-0.25, -0.2) is 0 Å². The number of hydrogen-bond donors (Lipinski definition) is 0. The van der Waals surface area contributed by atoms with E-state index < -0.39 is 10.9 Å². The van der Waals surface area contributed by atoms with Crippen LogP contribution in [0.2, 0.25) is 0 Å². The Kier molecular flexibility index (Phi) is 4.22. The van der Waals surface area contributed by atoms with Crippen LogP contribution in [0.1, 0.15) is 16.7 Å². The number of nitrogens with zero attached hydrogens (tertiary/aromatic N) is 1. The minimum atomic E-state index is -0.433. The summed E-state index contributed by atoms with van der Waals surface area (Å²) in [7, 11) is 1.29. The molecule has 0 amide bonds. The molecule has 1 rings (SSSR count). The molecule has 0 saturated carbocycles. The Bertz CT molecular complexity index is 485. The van der Waals surface area contributed by atoms with E-state index in [1.807, 2.05) is 0 Å². The summed E-state index contributed by atoms with van der Waals surface area (Å²) in [5.41, 5.74) is 1.70. The molecule has 92 valence electrons. The molecule has 0 aromatic heterocycles. The number of nitro groups is 1. The number of nitro benzene ring substituents is 1. The average Bonchev–Trinajstić information content (AvgIpc) is 2.22. The highest BCUT2D eigenvalue weighted by Crippen LogP contribution is 2.32. The highest BCUT2D eigenvalue weighted by Gasteiger charge is 2.21. The molecule has 0 spiro atoms. The largest absolute Gasteiger partial charge is 0.469 e. The summed E-state index contributed by atoms with van der Waals surface area (Å²) < 4.78 is 5.25. The first kappa shape index (κ1) is 13.6. The van der Waals surface area contributed by atoms with Crippen molar-refractivity contribution >= 4 is 27.6 Å². The molecule has 6 heteroatoms. The van der Waals surface area contributed by atoms with Gasteiger partial charge in [-0.15, -0.1) is 0 Å².